The smallest absolute Gasteiger partial charge is 0.152 e. The van der Waals surface area contributed by atoms with Gasteiger partial charge in [-0.1, -0.05) is 43.4 Å². The second kappa shape index (κ2) is 9.25. The van der Waals surface area contributed by atoms with E-state index in [9.17, 15) is 0 Å². The van der Waals surface area contributed by atoms with E-state index in [4.69, 9.17) is 15.5 Å². The van der Waals surface area contributed by atoms with Gasteiger partial charge in [0.2, 0.25) is 0 Å². The number of anilines is 1. The van der Waals surface area contributed by atoms with Crippen LogP contribution in [0.1, 0.15) is 38.4 Å². The number of unbranched alkanes of at least 4 members (excludes halogenated alkanes) is 1. The number of nitrogens with two attached hydrogens (primary N) is 1. The number of imidazole rings is 1. The van der Waals surface area contributed by atoms with Crippen molar-refractivity contribution < 1.29 is 4.74 Å². The van der Waals surface area contributed by atoms with Crippen molar-refractivity contribution in [1.29, 1.82) is 0 Å². The first kappa shape index (κ1) is 19.7. The lowest BCUT2D eigenvalue weighted by Gasteiger charge is -2.21. The number of para-hydroxylation sites is 1. The summed E-state index contributed by atoms with van der Waals surface area (Å²) in [4.78, 5) is 9.40. The lowest BCUT2D eigenvalue weighted by molar-refractivity contribution is 0.0791. The Hall–Kier alpha value is -2.62. The van der Waals surface area contributed by atoms with Crippen molar-refractivity contribution in [2.24, 2.45) is 0 Å². The number of pyridine rings is 1. The molecule has 1 fully saturated rings. The zero-order valence-corrected chi connectivity index (χ0v) is 17.1. The van der Waals surface area contributed by atoms with Crippen molar-refractivity contribution in [3.05, 3.63) is 30.1 Å². The molecule has 4 rings (SSSR count). The van der Waals surface area contributed by atoms with Gasteiger partial charge < -0.3 is 20.4 Å². The van der Waals surface area contributed by atoms with Crippen molar-refractivity contribution in [3.63, 3.8) is 0 Å². The molecule has 6 heteroatoms. The van der Waals surface area contributed by atoms with Gasteiger partial charge in [0.1, 0.15) is 11.3 Å². The molecule has 0 saturated carbocycles. The highest BCUT2D eigenvalue weighted by molar-refractivity contribution is 6.06. The van der Waals surface area contributed by atoms with Gasteiger partial charge >= 0.3 is 0 Å². The van der Waals surface area contributed by atoms with Crippen molar-refractivity contribution >= 4 is 27.8 Å². The predicted molar refractivity (Wildman–Crippen MR) is 118 cm³/mol. The Morgan fingerprint density at radius 1 is 1.21 bits per heavy atom. The molecule has 0 bridgehead atoms. The van der Waals surface area contributed by atoms with Gasteiger partial charge in [-0.25, -0.2) is 9.97 Å². The second-order valence-corrected chi connectivity index (χ2v) is 7.55. The standard InChI is InChI=1S/C23H29N5O/c1-2-3-10-20-27-21-22(18-8-4-5-9-19(18)26-23(21)24)28(20)14-7-6-13-25-17-11-15-29-16-12-17/h4-5,8-9,17,25H,2-3,10-16H2,1H3,(H2,24,26). The summed E-state index contributed by atoms with van der Waals surface area (Å²) in [6.45, 7) is 5.19. The van der Waals surface area contributed by atoms with Crippen molar-refractivity contribution in [2.75, 3.05) is 25.5 Å². The van der Waals surface area contributed by atoms with E-state index < -0.39 is 0 Å². The Labute approximate surface area is 171 Å². The summed E-state index contributed by atoms with van der Waals surface area (Å²) in [5, 5.41) is 4.60. The first-order valence-electron chi connectivity index (χ1n) is 10.6. The Balaban J connectivity index is 1.61. The molecule has 0 spiro atoms. The summed E-state index contributed by atoms with van der Waals surface area (Å²) in [5.74, 6) is 8.15. The summed E-state index contributed by atoms with van der Waals surface area (Å²) in [6, 6.07) is 8.62. The fraction of sp³-hybridized carbons (Fsp3) is 0.478. The van der Waals surface area contributed by atoms with E-state index in [2.05, 4.69) is 39.7 Å². The summed E-state index contributed by atoms with van der Waals surface area (Å²) >= 11 is 0. The first-order valence-corrected chi connectivity index (χ1v) is 10.6. The van der Waals surface area contributed by atoms with Gasteiger partial charge in [-0.15, -0.1) is 0 Å². The number of hydrogen-bond acceptors (Lipinski definition) is 5. The van der Waals surface area contributed by atoms with Crippen LogP contribution in [0.25, 0.3) is 21.9 Å². The predicted octanol–water partition coefficient (Wildman–Crippen LogP) is 3.28. The minimum absolute atomic E-state index is 0.490. The molecular formula is C23H29N5O. The van der Waals surface area contributed by atoms with Crippen LogP contribution in [0.5, 0.6) is 0 Å². The van der Waals surface area contributed by atoms with Gasteiger partial charge in [-0.2, -0.15) is 0 Å². The molecule has 1 saturated heterocycles. The number of fused-ring (bicyclic) bond motifs is 3. The molecule has 0 atom stereocenters. The topological polar surface area (TPSA) is 78.0 Å². The number of ether oxygens (including phenoxy) is 1. The molecule has 3 heterocycles. The van der Waals surface area contributed by atoms with E-state index in [1.54, 1.807) is 0 Å². The molecule has 29 heavy (non-hydrogen) atoms. The van der Waals surface area contributed by atoms with Crippen LogP contribution in [-0.2, 0) is 17.7 Å². The van der Waals surface area contributed by atoms with Crippen LogP contribution in [0.2, 0.25) is 0 Å². The zero-order chi connectivity index (χ0) is 20.1. The van der Waals surface area contributed by atoms with E-state index in [0.29, 0.717) is 24.9 Å². The Morgan fingerprint density at radius 3 is 2.86 bits per heavy atom. The highest BCUT2D eigenvalue weighted by atomic mass is 16.5. The Morgan fingerprint density at radius 2 is 2.03 bits per heavy atom. The highest BCUT2D eigenvalue weighted by Gasteiger charge is 2.16. The molecule has 0 aliphatic carbocycles. The van der Waals surface area contributed by atoms with Gasteiger partial charge in [0.15, 0.2) is 5.82 Å². The minimum atomic E-state index is 0.490. The molecule has 2 aromatic heterocycles. The molecule has 1 aliphatic heterocycles. The molecular weight excluding hydrogens is 362 g/mol. The number of rotatable bonds is 6. The first-order chi connectivity index (χ1) is 14.3. The van der Waals surface area contributed by atoms with Crippen molar-refractivity contribution in [3.8, 4) is 11.8 Å². The van der Waals surface area contributed by atoms with Crippen LogP contribution in [0, 0.1) is 11.8 Å². The van der Waals surface area contributed by atoms with Crippen LogP contribution < -0.4 is 11.1 Å². The van der Waals surface area contributed by atoms with Crippen LogP contribution in [-0.4, -0.2) is 40.3 Å². The lowest BCUT2D eigenvalue weighted by Crippen LogP contribution is -2.34. The van der Waals surface area contributed by atoms with E-state index in [1.165, 1.54) is 0 Å². The van der Waals surface area contributed by atoms with Crippen molar-refractivity contribution in [1.82, 2.24) is 19.9 Å². The summed E-state index contributed by atoms with van der Waals surface area (Å²) in [6.07, 6.45) is 5.26. The molecule has 6 nitrogen and oxygen atoms in total. The van der Waals surface area contributed by atoms with Crippen molar-refractivity contribution in [2.45, 2.75) is 51.6 Å². The molecule has 0 amide bonds. The van der Waals surface area contributed by atoms with Crippen LogP contribution in [0.4, 0.5) is 5.82 Å². The Kier molecular flexibility index (Phi) is 6.28. The number of hydrogen-bond donors (Lipinski definition) is 2. The van der Waals surface area contributed by atoms with E-state index in [0.717, 1.165) is 73.1 Å². The average molecular weight is 392 g/mol. The van der Waals surface area contributed by atoms with Gasteiger partial charge in [-0.05, 0) is 25.3 Å². The highest BCUT2D eigenvalue weighted by Crippen LogP contribution is 2.29. The maximum atomic E-state index is 6.25. The normalized spacial score (nSPS) is 14.9. The zero-order valence-electron chi connectivity index (χ0n) is 17.1. The molecule has 152 valence electrons. The quantitative estimate of drug-likeness (QED) is 0.631. The monoisotopic (exact) mass is 391 g/mol. The number of nitrogens with one attached hydrogen (secondary N) is 1. The molecule has 3 aromatic rings. The third kappa shape index (κ3) is 4.36. The fourth-order valence-electron chi connectivity index (χ4n) is 3.90. The minimum Gasteiger partial charge on any atom is -0.382 e. The molecule has 1 aromatic carbocycles. The molecule has 3 N–H and O–H groups in total. The van der Waals surface area contributed by atoms with Crippen LogP contribution in [0.3, 0.4) is 0 Å². The van der Waals surface area contributed by atoms with E-state index in [-0.39, 0.29) is 0 Å². The van der Waals surface area contributed by atoms with E-state index >= 15 is 0 Å². The number of aryl methyl sites for hydroxylation is 1. The second-order valence-electron chi connectivity index (χ2n) is 7.55. The van der Waals surface area contributed by atoms with E-state index in [1.807, 2.05) is 18.2 Å². The average Bonchev–Trinajstić information content (AvgIpc) is 3.12. The lowest BCUT2D eigenvalue weighted by atomic mass is 10.1. The summed E-state index contributed by atoms with van der Waals surface area (Å²) in [5.41, 5.74) is 8.98. The van der Waals surface area contributed by atoms with Crippen LogP contribution >= 0.6 is 0 Å². The third-order valence-electron chi connectivity index (χ3n) is 5.51. The summed E-state index contributed by atoms with van der Waals surface area (Å²) < 4.78 is 7.63. The Bertz CT molecular complexity index is 1040. The molecule has 0 unspecified atom stereocenters. The fourth-order valence-corrected chi connectivity index (χ4v) is 3.90. The number of aromatic nitrogens is 3. The van der Waals surface area contributed by atoms with Gasteiger partial charge in [-0.3, -0.25) is 0 Å². The van der Waals surface area contributed by atoms with Gasteiger partial charge in [0.05, 0.1) is 24.1 Å². The number of nitrogen functional groups attached to an aromatic ring is 1. The number of benzene rings is 1. The largest absolute Gasteiger partial charge is 0.382 e. The van der Waals surface area contributed by atoms with Gasteiger partial charge in [0, 0.05) is 31.1 Å². The maximum absolute atomic E-state index is 6.25. The molecule has 0 radical (unpaired) electrons. The van der Waals surface area contributed by atoms with Crippen LogP contribution in [0.15, 0.2) is 24.3 Å². The SMILES string of the molecule is CCCCc1nc2c(N)nc3ccccc3c2n1CC#CCNC1CCOCC1. The molecule has 1 aliphatic rings. The maximum Gasteiger partial charge on any atom is 0.152 e. The third-order valence-corrected chi connectivity index (χ3v) is 5.51. The summed E-state index contributed by atoms with van der Waals surface area (Å²) in [7, 11) is 0. The number of nitrogens with zero attached hydrogens (tertiary/aromatic N) is 3. The van der Waals surface area contributed by atoms with Gasteiger partial charge in [0.25, 0.3) is 0 Å².